The van der Waals surface area contributed by atoms with Crippen LogP contribution in [0, 0.1) is 13.8 Å². The summed E-state index contributed by atoms with van der Waals surface area (Å²) in [4.78, 5) is 19.8. The molecule has 2 aromatic heterocycles. The Morgan fingerprint density at radius 3 is 2.87 bits per heavy atom. The Morgan fingerprint density at radius 1 is 1.30 bits per heavy atom. The molecular weight excluding hydrogens is 292 g/mol. The molecule has 0 spiro atoms. The molecule has 3 rings (SSSR count). The van der Waals surface area contributed by atoms with Gasteiger partial charge in [-0.2, -0.15) is 0 Å². The number of nitrogens with one attached hydrogen (secondary N) is 2. The standard InChI is InChI=1S/C17H20N4O2/c1-11-13(12(2)23-21-11)10-17(22)18-9-5-8-16-19-14-6-3-4-7-15(14)20-16/h3-4,6-7H,5,8-10H2,1-2H3,(H,18,22)(H,19,20). The number of hydrogen-bond donors (Lipinski definition) is 2. The van der Waals surface area contributed by atoms with E-state index < -0.39 is 0 Å². The van der Waals surface area contributed by atoms with Crippen LogP contribution < -0.4 is 5.32 Å². The SMILES string of the molecule is Cc1noc(C)c1CC(=O)NCCCc1nc2ccccc2[nH]1. The van der Waals surface area contributed by atoms with Gasteiger partial charge in [0.05, 0.1) is 23.1 Å². The minimum absolute atomic E-state index is 0.0102. The Kier molecular flexibility index (Phi) is 4.41. The molecule has 0 radical (unpaired) electrons. The van der Waals surface area contributed by atoms with Gasteiger partial charge in [-0.3, -0.25) is 4.79 Å². The Hall–Kier alpha value is -2.63. The van der Waals surface area contributed by atoms with E-state index in [1.807, 2.05) is 38.1 Å². The number of carbonyl (C=O) groups is 1. The molecule has 1 amide bonds. The average molecular weight is 312 g/mol. The number of aromatic nitrogens is 3. The van der Waals surface area contributed by atoms with E-state index >= 15 is 0 Å². The molecule has 120 valence electrons. The summed E-state index contributed by atoms with van der Waals surface area (Å²) in [5, 5.41) is 6.79. The molecule has 0 saturated heterocycles. The normalized spacial score (nSPS) is 11.0. The van der Waals surface area contributed by atoms with Crippen LogP contribution in [0.15, 0.2) is 28.8 Å². The summed E-state index contributed by atoms with van der Waals surface area (Å²) in [5.74, 6) is 1.65. The first-order chi connectivity index (χ1) is 11.1. The number of amides is 1. The van der Waals surface area contributed by atoms with Gasteiger partial charge in [-0.15, -0.1) is 0 Å². The molecule has 1 aromatic carbocycles. The van der Waals surface area contributed by atoms with Crippen LogP contribution in [0.4, 0.5) is 0 Å². The number of hydrogen-bond acceptors (Lipinski definition) is 4. The maximum atomic E-state index is 12.0. The van der Waals surface area contributed by atoms with E-state index in [0.717, 1.165) is 41.0 Å². The number of benzene rings is 1. The van der Waals surface area contributed by atoms with Crippen LogP contribution >= 0.6 is 0 Å². The summed E-state index contributed by atoms with van der Waals surface area (Å²) >= 11 is 0. The van der Waals surface area contributed by atoms with Crippen molar-refractivity contribution in [1.29, 1.82) is 0 Å². The lowest BCUT2D eigenvalue weighted by Gasteiger charge is -2.04. The molecule has 2 heterocycles. The van der Waals surface area contributed by atoms with E-state index in [-0.39, 0.29) is 5.91 Å². The van der Waals surface area contributed by atoms with E-state index in [1.54, 1.807) is 0 Å². The van der Waals surface area contributed by atoms with Gasteiger partial charge in [-0.05, 0) is 32.4 Å². The van der Waals surface area contributed by atoms with Crippen LogP contribution in [0.3, 0.4) is 0 Å². The Morgan fingerprint density at radius 2 is 2.13 bits per heavy atom. The molecule has 2 N–H and O–H groups in total. The van der Waals surface area contributed by atoms with Crippen molar-refractivity contribution >= 4 is 16.9 Å². The van der Waals surface area contributed by atoms with Gasteiger partial charge >= 0.3 is 0 Å². The molecule has 0 aliphatic rings. The molecule has 0 aliphatic heterocycles. The lowest BCUT2D eigenvalue weighted by Crippen LogP contribution is -2.26. The Balaban J connectivity index is 1.45. The van der Waals surface area contributed by atoms with E-state index in [1.165, 1.54) is 0 Å². The zero-order chi connectivity index (χ0) is 16.2. The average Bonchev–Trinajstić information content (AvgIpc) is 3.09. The molecular formula is C17H20N4O2. The molecule has 6 heteroatoms. The summed E-state index contributed by atoms with van der Waals surface area (Å²) in [5.41, 5.74) is 3.68. The molecule has 0 bridgehead atoms. The first kappa shape index (κ1) is 15.3. The predicted octanol–water partition coefficient (Wildman–Crippen LogP) is 2.46. The fourth-order valence-corrected chi connectivity index (χ4v) is 2.59. The number of aromatic amines is 1. The minimum Gasteiger partial charge on any atom is -0.361 e. The number of rotatable bonds is 6. The summed E-state index contributed by atoms with van der Waals surface area (Å²) in [6.45, 7) is 4.30. The zero-order valence-electron chi connectivity index (χ0n) is 13.3. The molecule has 0 fully saturated rings. The fraction of sp³-hybridized carbons (Fsp3) is 0.353. The van der Waals surface area contributed by atoms with Crippen LogP contribution in [-0.4, -0.2) is 27.6 Å². The van der Waals surface area contributed by atoms with Crippen LogP contribution in [0.1, 0.15) is 29.3 Å². The maximum Gasteiger partial charge on any atom is 0.224 e. The minimum atomic E-state index is -0.0102. The van der Waals surface area contributed by atoms with Crippen molar-refractivity contribution in [2.24, 2.45) is 0 Å². The highest BCUT2D eigenvalue weighted by Gasteiger charge is 2.13. The van der Waals surface area contributed by atoms with Gasteiger partial charge in [0.2, 0.25) is 5.91 Å². The van der Waals surface area contributed by atoms with Crippen molar-refractivity contribution in [2.75, 3.05) is 6.54 Å². The third kappa shape index (κ3) is 3.59. The second kappa shape index (κ2) is 6.64. The molecule has 6 nitrogen and oxygen atoms in total. The number of aryl methyl sites for hydroxylation is 3. The number of carbonyl (C=O) groups excluding carboxylic acids is 1. The second-order valence-electron chi connectivity index (χ2n) is 5.63. The van der Waals surface area contributed by atoms with Crippen molar-refractivity contribution in [1.82, 2.24) is 20.4 Å². The highest BCUT2D eigenvalue weighted by atomic mass is 16.5. The maximum absolute atomic E-state index is 12.0. The van der Waals surface area contributed by atoms with Crippen molar-refractivity contribution in [3.05, 3.63) is 47.1 Å². The van der Waals surface area contributed by atoms with Crippen molar-refractivity contribution in [3.63, 3.8) is 0 Å². The summed E-state index contributed by atoms with van der Waals surface area (Å²) in [7, 11) is 0. The summed E-state index contributed by atoms with van der Waals surface area (Å²) in [6.07, 6.45) is 1.96. The lowest BCUT2D eigenvalue weighted by molar-refractivity contribution is -0.120. The molecule has 3 aromatic rings. The Bertz CT molecular complexity index is 766. The van der Waals surface area contributed by atoms with E-state index in [0.29, 0.717) is 18.7 Å². The van der Waals surface area contributed by atoms with Gasteiger partial charge in [0, 0.05) is 18.5 Å². The van der Waals surface area contributed by atoms with E-state index in [2.05, 4.69) is 20.4 Å². The topological polar surface area (TPSA) is 83.8 Å². The van der Waals surface area contributed by atoms with Gasteiger partial charge in [0.1, 0.15) is 11.6 Å². The highest BCUT2D eigenvalue weighted by molar-refractivity contribution is 5.79. The smallest absolute Gasteiger partial charge is 0.224 e. The predicted molar refractivity (Wildman–Crippen MR) is 87.1 cm³/mol. The van der Waals surface area contributed by atoms with Gasteiger partial charge in [0.25, 0.3) is 0 Å². The molecule has 0 aliphatic carbocycles. The Labute approximate surface area is 134 Å². The molecule has 0 atom stereocenters. The van der Waals surface area contributed by atoms with E-state index in [4.69, 9.17) is 4.52 Å². The van der Waals surface area contributed by atoms with Crippen LogP contribution in [0.2, 0.25) is 0 Å². The summed E-state index contributed by atoms with van der Waals surface area (Å²) in [6, 6.07) is 7.96. The first-order valence-electron chi connectivity index (χ1n) is 7.75. The molecule has 0 unspecified atom stereocenters. The molecule has 23 heavy (non-hydrogen) atoms. The first-order valence-corrected chi connectivity index (χ1v) is 7.75. The number of imidazole rings is 1. The van der Waals surface area contributed by atoms with E-state index in [9.17, 15) is 4.79 Å². The number of para-hydroxylation sites is 2. The number of nitrogens with zero attached hydrogens (tertiary/aromatic N) is 2. The zero-order valence-corrected chi connectivity index (χ0v) is 13.3. The number of H-pyrrole nitrogens is 1. The summed E-state index contributed by atoms with van der Waals surface area (Å²) < 4.78 is 5.07. The van der Waals surface area contributed by atoms with Gasteiger partial charge in [-0.1, -0.05) is 17.3 Å². The number of fused-ring (bicyclic) bond motifs is 1. The largest absolute Gasteiger partial charge is 0.361 e. The van der Waals surface area contributed by atoms with Crippen LogP contribution in [-0.2, 0) is 17.6 Å². The van der Waals surface area contributed by atoms with Gasteiger partial charge in [-0.25, -0.2) is 4.98 Å². The third-order valence-corrected chi connectivity index (χ3v) is 3.87. The van der Waals surface area contributed by atoms with Gasteiger partial charge < -0.3 is 14.8 Å². The van der Waals surface area contributed by atoms with Gasteiger partial charge in [0.15, 0.2) is 0 Å². The lowest BCUT2D eigenvalue weighted by atomic mass is 10.1. The van der Waals surface area contributed by atoms with Crippen molar-refractivity contribution < 1.29 is 9.32 Å². The fourth-order valence-electron chi connectivity index (χ4n) is 2.59. The third-order valence-electron chi connectivity index (χ3n) is 3.87. The monoisotopic (exact) mass is 312 g/mol. The van der Waals surface area contributed by atoms with Crippen molar-refractivity contribution in [3.8, 4) is 0 Å². The second-order valence-corrected chi connectivity index (χ2v) is 5.63. The van der Waals surface area contributed by atoms with Crippen molar-refractivity contribution in [2.45, 2.75) is 33.1 Å². The van der Waals surface area contributed by atoms with Crippen LogP contribution in [0.5, 0.6) is 0 Å². The quantitative estimate of drug-likeness (QED) is 0.685. The van der Waals surface area contributed by atoms with Crippen LogP contribution in [0.25, 0.3) is 11.0 Å². The molecule has 0 saturated carbocycles. The highest BCUT2D eigenvalue weighted by Crippen LogP contribution is 2.13.